The highest BCUT2D eigenvalue weighted by atomic mass is 32.1. The van der Waals surface area contributed by atoms with Gasteiger partial charge in [-0.1, -0.05) is 57.2 Å². The molecule has 0 bridgehead atoms. The van der Waals surface area contributed by atoms with Crippen molar-refractivity contribution in [1.29, 1.82) is 0 Å². The number of nitrogens with zero attached hydrogens (tertiary/aromatic N) is 2. The highest BCUT2D eigenvalue weighted by Crippen LogP contribution is 2.41. The molecule has 4 rings (SSSR count). The second-order valence-corrected chi connectivity index (χ2v) is 10.8. The third-order valence-electron chi connectivity index (χ3n) is 6.02. The second-order valence-electron chi connectivity index (χ2n) is 9.57. The van der Waals surface area contributed by atoms with Gasteiger partial charge in [-0.15, -0.1) is 11.3 Å². The van der Waals surface area contributed by atoms with Gasteiger partial charge in [0.25, 0.3) is 5.91 Å². The lowest BCUT2D eigenvalue weighted by Gasteiger charge is -2.28. The van der Waals surface area contributed by atoms with Crippen LogP contribution in [0.1, 0.15) is 63.9 Å². The molecule has 0 saturated carbocycles. The Morgan fingerprint density at radius 3 is 2.24 bits per heavy atom. The fourth-order valence-corrected chi connectivity index (χ4v) is 5.09. The average molecular weight is 479 g/mol. The van der Waals surface area contributed by atoms with E-state index in [0.29, 0.717) is 16.1 Å². The Morgan fingerprint density at radius 2 is 1.71 bits per heavy atom. The number of rotatable bonds is 5. The first-order chi connectivity index (χ1) is 16.0. The standard InChI is InChI=1S/C27H27FN2O3S/c1-15-25(34-16(2)29-15)23(31)21-22(18-8-10-19(11-9-18)27(3,4)5)30(26(33)24(21)32)14-17-6-12-20(28)13-7-17/h6-13,22,32H,14H2,1-5H3. The normalized spacial score (nSPS) is 16.5. The highest BCUT2D eigenvalue weighted by Gasteiger charge is 2.44. The second kappa shape index (κ2) is 8.80. The molecule has 1 aliphatic rings. The van der Waals surface area contributed by atoms with Crippen LogP contribution in [-0.4, -0.2) is 26.7 Å². The van der Waals surface area contributed by atoms with Crippen molar-refractivity contribution in [3.05, 3.63) is 97.9 Å². The number of hydrogen-bond acceptors (Lipinski definition) is 5. The molecule has 0 saturated heterocycles. The van der Waals surface area contributed by atoms with Gasteiger partial charge in [-0.25, -0.2) is 9.37 Å². The summed E-state index contributed by atoms with van der Waals surface area (Å²) in [4.78, 5) is 33.0. The van der Waals surface area contributed by atoms with E-state index in [1.807, 2.05) is 31.2 Å². The number of halogens is 1. The summed E-state index contributed by atoms with van der Waals surface area (Å²) in [6.45, 7) is 10.00. The molecular weight excluding hydrogens is 451 g/mol. The van der Waals surface area contributed by atoms with Crippen LogP contribution in [0.15, 0.2) is 59.9 Å². The fourth-order valence-electron chi connectivity index (χ4n) is 4.21. The largest absolute Gasteiger partial charge is 0.503 e. The van der Waals surface area contributed by atoms with E-state index >= 15 is 0 Å². The van der Waals surface area contributed by atoms with E-state index < -0.39 is 23.5 Å². The molecule has 0 fully saturated rings. The Bertz CT molecular complexity index is 1280. The minimum atomic E-state index is -0.777. The van der Waals surface area contributed by atoms with Crippen LogP contribution in [0.3, 0.4) is 0 Å². The highest BCUT2D eigenvalue weighted by molar-refractivity contribution is 7.14. The van der Waals surface area contributed by atoms with Crippen molar-refractivity contribution in [2.24, 2.45) is 0 Å². The molecule has 0 spiro atoms. The van der Waals surface area contributed by atoms with Gasteiger partial charge in [0.05, 0.1) is 27.2 Å². The molecule has 0 radical (unpaired) electrons. The molecule has 1 N–H and O–H groups in total. The van der Waals surface area contributed by atoms with Gasteiger partial charge in [0.2, 0.25) is 5.78 Å². The summed E-state index contributed by atoms with van der Waals surface area (Å²) in [7, 11) is 0. The molecule has 1 amide bonds. The summed E-state index contributed by atoms with van der Waals surface area (Å²) < 4.78 is 13.4. The van der Waals surface area contributed by atoms with E-state index in [1.165, 1.54) is 28.4 Å². The summed E-state index contributed by atoms with van der Waals surface area (Å²) in [5, 5.41) is 11.6. The van der Waals surface area contributed by atoms with E-state index in [2.05, 4.69) is 25.8 Å². The van der Waals surface area contributed by atoms with Gasteiger partial charge in [-0.05, 0) is 48.1 Å². The summed E-state index contributed by atoms with van der Waals surface area (Å²) >= 11 is 1.25. The van der Waals surface area contributed by atoms with Crippen LogP contribution in [0.4, 0.5) is 4.39 Å². The van der Waals surface area contributed by atoms with Gasteiger partial charge >= 0.3 is 0 Å². The first-order valence-electron chi connectivity index (χ1n) is 11.0. The lowest BCUT2D eigenvalue weighted by atomic mass is 9.85. The molecule has 1 unspecified atom stereocenters. The monoisotopic (exact) mass is 478 g/mol. The van der Waals surface area contributed by atoms with Crippen molar-refractivity contribution in [2.45, 2.75) is 52.6 Å². The number of benzene rings is 2. The van der Waals surface area contributed by atoms with Gasteiger partial charge < -0.3 is 10.0 Å². The van der Waals surface area contributed by atoms with Gasteiger partial charge in [-0.2, -0.15) is 0 Å². The van der Waals surface area contributed by atoms with E-state index in [1.54, 1.807) is 19.1 Å². The maximum atomic E-state index is 13.6. The minimum Gasteiger partial charge on any atom is -0.503 e. The smallest absolute Gasteiger partial charge is 0.290 e. The van der Waals surface area contributed by atoms with E-state index in [4.69, 9.17) is 0 Å². The first-order valence-corrected chi connectivity index (χ1v) is 11.9. The maximum Gasteiger partial charge on any atom is 0.290 e. The molecule has 1 aromatic heterocycles. The number of thiazole rings is 1. The number of aromatic nitrogens is 1. The number of amides is 1. The number of carbonyl (C=O) groups excluding carboxylic acids is 2. The van der Waals surface area contributed by atoms with Crippen molar-refractivity contribution >= 4 is 23.0 Å². The third-order valence-corrected chi connectivity index (χ3v) is 7.09. The van der Waals surface area contributed by atoms with E-state index in [-0.39, 0.29) is 23.4 Å². The molecule has 34 heavy (non-hydrogen) atoms. The summed E-state index contributed by atoms with van der Waals surface area (Å²) in [6.07, 6.45) is 0. The summed E-state index contributed by atoms with van der Waals surface area (Å²) in [5.74, 6) is -1.96. The van der Waals surface area contributed by atoms with Crippen LogP contribution < -0.4 is 0 Å². The predicted molar refractivity (Wildman–Crippen MR) is 130 cm³/mol. The molecule has 2 aromatic carbocycles. The zero-order chi connectivity index (χ0) is 24.8. The quantitative estimate of drug-likeness (QED) is 0.458. The Balaban J connectivity index is 1.81. The Labute approximate surface area is 202 Å². The predicted octanol–water partition coefficient (Wildman–Crippen LogP) is 5.98. The molecule has 0 aliphatic carbocycles. The first kappa shape index (κ1) is 23.8. The van der Waals surface area contributed by atoms with Crippen molar-refractivity contribution in [3.8, 4) is 0 Å². The Hall–Kier alpha value is -3.32. The molecule has 2 heterocycles. The van der Waals surface area contributed by atoms with Gasteiger partial charge in [-0.3, -0.25) is 9.59 Å². The Kier molecular flexibility index (Phi) is 6.16. The number of aliphatic hydroxyl groups excluding tert-OH is 1. The number of carbonyl (C=O) groups is 2. The number of aryl methyl sites for hydroxylation is 2. The van der Waals surface area contributed by atoms with Crippen LogP contribution in [0.2, 0.25) is 0 Å². The molecular formula is C27H27FN2O3S. The molecule has 1 atom stereocenters. The van der Waals surface area contributed by atoms with Crippen LogP contribution in [0.25, 0.3) is 0 Å². The minimum absolute atomic E-state index is 0.0439. The van der Waals surface area contributed by atoms with Gasteiger partial charge in [0, 0.05) is 6.54 Å². The van der Waals surface area contributed by atoms with Crippen molar-refractivity contribution in [1.82, 2.24) is 9.88 Å². The topological polar surface area (TPSA) is 70.5 Å². The number of ketones is 1. The lowest BCUT2D eigenvalue weighted by molar-refractivity contribution is -0.130. The Morgan fingerprint density at radius 1 is 1.09 bits per heavy atom. The SMILES string of the molecule is Cc1nc(C)c(C(=O)C2=C(O)C(=O)N(Cc3ccc(F)cc3)C2c2ccc(C(C)(C)C)cc2)s1. The molecule has 3 aromatic rings. The number of hydrogen-bond donors (Lipinski definition) is 1. The zero-order valence-corrected chi connectivity index (χ0v) is 20.7. The number of Topliss-reactive ketones (excluding diaryl/α,β-unsaturated/α-hetero) is 1. The zero-order valence-electron chi connectivity index (χ0n) is 19.8. The van der Waals surface area contributed by atoms with Gasteiger partial charge in [0.15, 0.2) is 5.76 Å². The van der Waals surface area contributed by atoms with Crippen LogP contribution in [0, 0.1) is 19.7 Å². The fraction of sp³-hybridized carbons (Fsp3) is 0.296. The van der Waals surface area contributed by atoms with Crippen LogP contribution in [0.5, 0.6) is 0 Å². The maximum absolute atomic E-state index is 13.6. The molecule has 176 valence electrons. The van der Waals surface area contributed by atoms with Crippen molar-refractivity contribution in [2.75, 3.05) is 0 Å². The third kappa shape index (κ3) is 4.40. The summed E-state index contributed by atoms with van der Waals surface area (Å²) in [6, 6.07) is 12.8. The van der Waals surface area contributed by atoms with E-state index in [0.717, 1.165) is 16.1 Å². The molecule has 5 nitrogen and oxygen atoms in total. The van der Waals surface area contributed by atoms with Crippen molar-refractivity contribution < 1.29 is 19.1 Å². The molecule has 1 aliphatic heterocycles. The average Bonchev–Trinajstić information content (AvgIpc) is 3.25. The van der Waals surface area contributed by atoms with Crippen LogP contribution >= 0.6 is 11.3 Å². The van der Waals surface area contributed by atoms with Gasteiger partial charge in [0.1, 0.15) is 5.82 Å². The molecule has 7 heteroatoms. The van der Waals surface area contributed by atoms with Crippen molar-refractivity contribution in [3.63, 3.8) is 0 Å². The van der Waals surface area contributed by atoms with E-state index in [9.17, 15) is 19.1 Å². The summed E-state index contributed by atoms with van der Waals surface area (Å²) in [5.41, 5.74) is 3.07. The number of aliphatic hydroxyl groups is 1. The lowest BCUT2D eigenvalue weighted by Crippen LogP contribution is -2.30. The van der Waals surface area contributed by atoms with Crippen LogP contribution in [-0.2, 0) is 16.8 Å².